The predicted molar refractivity (Wildman–Crippen MR) is 138 cm³/mol. The van der Waals surface area contributed by atoms with E-state index in [4.69, 9.17) is 14.5 Å². The van der Waals surface area contributed by atoms with Crippen molar-refractivity contribution in [3.05, 3.63) is 34.8 Å². The molecule has 10 heteroatoms. The lowest BCUT2D eigenvalue weighted by atomic mass is 9.96. The van der Waals surface area contributed by atoms with Crippen molar-refractivity contribution in [2.75, 3.05) is 53.0 Å². The second kappa shape index (κ2) is 11.8. The van der Waals surface area contributed by atoms with Crippen molar-refractivity contribution >= 4 is 58.1 Å². The number of fused-ring (bicyclic) bond motifs is 3. The van der Waals surface area contributed by atoms with Crippen LogP contribution in [0.1, 0.15) is 36.0 Å². The minimum atomic E-state index is 0. The summed E-state index contributed by atoms with van der Waals surface area (Å²) in [7, 11) is 1.86. The molecule has 184 valence electrons. The molecule has 3 aromatic rings. The Labute approximate surface area is 211 Å². The van der Waals surface area contributed by atoms with E-state index in [0.29, 0.717) is 24.6 Å². The first-order valence-corrected chi connectivity index (χ1v) is 11.7. The first-order chi connectivity index (χ1) is 14.8. The fourth-order valence-corrected chi connectivity index (χ4v) is 4.92. The quantitative estimate of drug-likeness (QED) is 0.436. The van der Waals surface area contributed by atoms with Gasteiger partial charge >= 0.3 is 0 Å². The van der Waals surface area contributed by atoms with E-state index in [0.717, 1.165) is 54.4 Å². The van der Waals surface area contributed by atoms with Crippen LogP contribution >= 0.6 is 36.2 Å². The molecule has 1 amide bonds. The van der Waals surface area contributed by atoms with Crippen LogP contribution in [-0.2, 0) is 16.1 Å². The SMILES string of the molecule is CN(CC(C)(C)C)C(=O)c1cn2c(nc3cc(COCCN4CCOCC4)ccc32)s1.Cl.Cl. The van der Waals surface area contributed by atoms with Gasteiger partial charge in [-0.05, 0) is 23.1 Å². The van der Waals surface area contributed by atoms with Gasteiger partial charge in [-0.1, -0.05) is 38.2 Å². The van der Waals surface area contributed by atoms with Gasteiger partial charge in [0.15, 0.2) is 4.96 Å². The summed E-state index contributed by atoms with van der Waals surface area (Å²) in [5, 5.41) is 0. The molecule has 0 saturated carbocycles. The van der Waals surface area contributed by atoms with Crippen molar-refractivity contribution in [1.82, 2.24) is 19.2 Å². The second-order valence-electron chi connectivity index (χ2n) is 9.41. The number of thiazole rings is 1. The molecule has 7 nitrogen and oxygen atoms in total. The van der Waals surface area contributed by atoms with Crippen molar-refractivity contribution < 1.29 is 14.3 Å². The Bertz CT molecular complexity index is 1060. The van der Waals surface area contributed by atoms with Crippen molar-refractivity contribution in [2.24, 2.45) is 5.41 Å². The van der Waals surface area contributed by atoms with Crippen molar-refractivity contribution in [3.63, 3.8) is 0 Å². The molecule has 0 spiro atoms. The zero-order valence-corrected chi connectivity index (χ0v) is 22.2. The molecular formula is C23H34Cl2N4O3S. The molecule has 3 heterocycles. The summed E-state index contributed by atoms with van der Waals surface area (Å²) in [5.41, 5.74) is 3.12. The van der Waals surface area contributed by atoms with Gasteiger partial charge in [0, 0.05) is 39.4 Å². The molecule has 0 atom stereocenters. The van der Waals surface area contributed by atoms with Gasteiger partial charge in [-0.25, -0.2) is 4.98 Å². The first kappa shape index (κ1) is 27.8. The number of carbonyl (C=O) groups excluding carboxylic acids is 1. The van der Waals surface area contributed by atoms with E-state index >= 15 is 0 Å². The van der Waals surface area contributed by atoms with E-state index in [1.54, 1.807) is 4.90 Å². The van der Waals surface area contributed by atoms with Crippen LogP contribution < -0.4 is 0 Å². The van der Waals surface area contributed by atoms with E-state index in [2.05, 4.69) is 43.9 Å². The largest absolute Gasteiger partial charge is 0.379 e. The first-order valence-electron chi connectivity index (χ1n) is 10.8. The van der Waals surface area contributed by atoms with Crippen molar-refractivity contribution in [3.8, 4) is 0 Å². The van der Waals surface area contributed by atoms with E-state index in [-0.39, 0.29) is 36.1 Å². The van der Waals surface area contributed by atoms with Crippen LogP contribution in [0.15, 0.2) is 24.4 Å². The lowest BCUT2D eigenvalue weighted by molar-refractivity contribution is 0.0180. The van der Waals surface area contributed by atoms with Crippen molar-refractivity contribution in [1.29, 1.82) is 0 Å². The number of hydrogen-bond donors (Lipinski definition) is 0. The number of rotatable bonds is 7. The monoisotopic (exact) mass is 516 g/mol. The number of amides is 1. The number of benzene rings is 1. The predicted octanol–water partition coefficient (Wildman–Crippen LogP) is 4.36. The summed E-state index contributed by atoms with van der Waals surface area (Å²) >= 11 is 1.44. The highest BCUT2D eigenvalue weighted by molar-refractivity contribution is 7.18. The van der Waals surface area contributed by atoms with Gasteiger partial charge in [-0.2, -0.15) is 0 Å². The second-order valence-corrected chi connectivity index (χ2v) is 10.4. The fourth-order valence-electron chi connectivity index (χ4n) is 3.93. The smallest absolute Gasteiger partial charge is 0.265 e. The average molecular weight is 518 g/mol. The molecule has 0 radical (unpaired) electrons. The molecule has 0 N–H and O–H groups in total. The maximum absolute atomic E-state index is 12.8. The molecule has 4 rings (SSSR count). The standard InChI is InChI=1S/C23H32N4O3S.2ClH/c1-23(2,3)16-25(4)21(28)20-14-27-19-6-5-17(13-18(19)24-22(27)31-20)15-30-12-9-26-7-10-29-11-8-26;;/h5-6,13-14H,7-12,15-16H2,1-4H3;2*1H. The van der Waals surface area contributed by atoms with Gasteiger partial charge in [-0.3, -0.25) is 14.1 Å². The van der Waals surface area contributed by atoms with Crippen molar-refractivity contribution in [2.45, 2.75) is 27.4 Å². The minimum Gasteiger partial charge on any atom is -0.379 e. The molecule has 0 aliphatic carbocycles. The summed E-state index contributed by atoms with van der Waals surface area (Å²) in [6, 6.07) is 6.23. The van der Waals surface area contributed by atoms with Crippen LogP contribution in [0.25, 0.3) is 16.0 Å². The zero-order chi connectivity index (χ0) is 22.0. The summed E-state index contributed by atoms with van der Waals surface area (Å²) in [6.45, 7) is 12.9. The van der Waals surface area contributed by atoms with Gasteiger partial charge in [-0.15, -0.1) is 24.8 Å². The minimum absolute atomic E-state index is 0. The molecule has 33 heavy (non-hydrogen) atoms. The molecule has 2 aromatic heterocycles. The Hall–Kier alpha value is -1.42. The third-order valence-corrected chi connectivity index (χ3v) is 6.33. The van der Waals surface area contributed by atoms with Gasteiger partial charge in [0.25, 0.3) is 5.91 Å². The number of morpholine rings is 1. The van der Waals surface area contributed by atoms with E-state index in [1.165, 1.54) is 11.3 Å². The normalized spacial score (nSPS) is 14.8. The molecule has 1 fully saturated rings. The zero-order valence-electron chi connectivity index (χ0n) is 19.7. The Morgan fingerprint density at radius 2 is 1.97 bits per heavy atom. The number of nitrogens with zero attached hydrogens (tertiary/aromatic N) is 4. The highest BCUT2D eigenvalue weighted by Gasteiger charge is 2.21. The van der Waals surface area contributed by atoms with Crippen LogP contribution in [0, 0.1) is 5.41 Å². The average Bonchev–Trinajstić information content (AvgIpc) is 3.27. The lowest BCUT2D eigenvalue weighted by Crippen LogP contribution is -2.38. The topological polar surface area (TPSA) is 59.3 Å². The molecule has 1 saturated heterocycles. The van der Waals surface area contributed by atoms with E-state index in [1.807, 2.05) is 17.6 Å². The number of aromatic nitrogens is 2. The number of halogens is 2. The van der Waals surface area contributed by atoms with Gasteiger partial charge in [0.05, 0.1) is 37.5 Å². The van der Waals surface area contributed by atoms with Crippen LogP contribution in [0.5, 0.6) is 0 Å². The Kier molecular flexibility index (Phi) is 9.96. The summed E-state index contributed by atoms with van der Waals surface area (Å²) in [5.74, 6) is 0.0452. The summed E-state index contributed by atoms with van der Waals surface area (Å²) < 4.78 is 13.3. The highest BCUT2D eigenvalue weighted by atomic mass is 35.5. The lowest BCUT2D eigenvalue weighted by Gasteiger charge is -2.26. The molecule has 0 unspecified atom stereocenters. The highest BCUT2D eigenvalue weighted by Crippen LogP contribution is 2.26. The maximum Gasteiger partial charge on any atom is 0.265 e. The number of imidazole rings is 1. The molecule has 1 aliphatic heterocycles. The molecule has 0 bridgehead atoms. The Morgan fingerprint density at radius 1 is 1.24 bits per heavy atom. The van der Waals surface area contributed by atoms with Crippen LogP contribution in [0.3, 0.4) is 0 Å². The van der Waals surface area contributed by atoms with E-state index < -0.39 is 0 Å². The molecule has 1 aliphatic rings. The number of carbonyl (C=O) groups is 1. The van der Waals surface area contributed by atoms with Gasteiger partial charge in [0.2, 0.25) is 0 Å². The third kappa shape index (κ3) is 7.04. The number of ether oxygens (including phenoxy) is 2. The maximum atomic E-state index is 12.8. The van der Waals surface area contributed by atoms with Crippen LogP contribution in [-0.4, -0.2) is 78.1 Å². The van der Waals surface area contributed by atoms with Gasteiger partial charge in [0.1, 0.15) is 4.88 Å². The number of hydrogen-bond acceptors (Lipinski definition) is 6. The van der Waals surface area contributed by atoms with Crippen LogP contribution in [0.4, 0.5) is 0 Å². The summed E-state index contributed by atoms with van der Waals surface area (Å²) in [4.78, 5) is 23.3. The Balaban J connectivity index is 0.00000193. The van der Waals surface area contributed by atoms with E-state index in [9.17, 15) is 4.79 Å². The third-order valence-electron chi connectivity index (χ3n) is 5.36. The Morgan fingerprint density at radius 3 is 2.67 bits per heavy atom. The summed E-state index contributed by atoms with van der Waals surface area (Å²) in [6.07, 6.45) is 1.91. The molecule has 1 aromatic carbocycles. The molecular weight excluding hydrogens is 483 g/mol. The fraction of sp³-hybridized carbons (Fsp3) is 0.565. The van der Waals surface area contributed by atoms with Gasteiger partial charge < -0.3 is 14.4 Å². The van der Waals surface area contributed by atoms with Crippen LogP contribution in [0.2, 0.25) is 0 Å².